The molecule has 0 fully saturated rings. The highest BCUT2D eigenvalue weighted by Crippen LogP contribution is 2.19. The van der Waals surface area contributed by atoms with E-state index in [0.29, 0.717) is 17.5 Å². The zero-order valence-electron chi connectivity index (χ0n) is 8.17. The zero-order chi connectivity index (χ0) is 10.7. The van der Waals surface area contributed by atoms with Crippen molar-refractivity contribution in [2.24, 2.45) is 0 Å². The van der Waals surface area contributed by atoms with Gasteiger partial charge in [-0.1, -0.05) is 5.16 Å². The Balaban J connectivity index is 2.28. The summed E-state index contributed by atoms with van der Waals surface area (Å²) in [6, 6.07) is 7.47. The maximum Gasteiger partial charge on any atom is 0.236 e. The second-order valence-electron chi connectivity index (χ2n) is 2.90. The number of methoxy groups -OCH3 is 1. The van der Waals surface area contributed by atoms with Gasteiger partial charge in [-0.25, -0.2) is 0 Å². The first-order valence-electron chi connectivity index (χ1n) is 4.41. The SMILES string of the molecule is COc1ccc(-c2noc(CS)n2)cc1. The molecule has 0 radical (unpaired) electrons. The maximum atomic E-state index is 5.05. The predicted molar refractivity (Wildman–Crippen MR) is 59.0 cm³/mol. The summed E-state index contributed by atoms with van der Waals surface area (Å²) in [6.07, 6.45) is 0. The molecular formula is C10H10N2O2S. The van der Waals surface area contributed by atoms with Crippen molar-refractivity contribution < 1.29 is 9.26 Å². The molecule has 0 aliphatic heterocycles. The van der Waals surface area contributed by atoms with Crippen LogP contribution in [0.3, 0.4) is 0 Å². The van der Waals surface area contributed by atoms with Gasteiger partial charge in [0.25, 0.3) is 0 Å². The van der Waals surface area contributed by atoms with Gasteiger partial charge in [0, 0.05) is 5.56 Å². The summed E-state index contributed by atoms with van der Waals surface area (Å²) in [5.41, 5.74) is 0.896. The fourth-order valence-corrected chi connectivity index (χ4v) is 1.30. The summed E-state index contributed by atoms with van der Waals surface area (Å²) < 4.78 is 10.0. The summed E-state index contributed by atoms with van der Waals surface area (Å²) >= 11 is 4.05. The van der Waals surface area contributed by atoms with E-state index in [0.717, 1.165) is 11.3 Å². The highest BCUT2D eigenvalue weighted by Gasteiger charge is 2.06. The fraction of sp³-hybridized carbons (Fsp3) is 0.200. The number of rotatable bonds is 3. The number of aromatic nitrogens is 2. The van der Waals surface area contributed by atoms with Crippen molar-refractivity contribution in [2.45, 2.75) is 5.75 Å². The largest absolute Gasteiger partial charge is 0.497 e. The molecule has 0 aliphatic rings. The normalized spacial score (nSPS) is 10.3. The highest BCUT2D eigenvalue weighted by atomic mass is 32.1. The second-order valence-corrected chi connectivity index (χ2v) is 3.21. The van der Waals surface area contributed by atoms with Crippen LogP contribution in [-0.2, 0) is 5.75 Å². The predicted octanol–water partition coefficient (Wildman–Crippen LogP) is 2.17. The summed E-state index contributed by atoms with van der Waals surface area (Å²) in [7, 11) is 1.63. The van der Waals surface area contributed by atoms with Crippen LogP contribution in [0.4, 0.5) is 0 Å². The van der Waals surface area contributed by atoms with Gasteiger partial charge in [-0.05, 0) is 24.3 Å². The fourth-order valence-electron chi connectivity index (χ4n) is 1.18. The van der Waals surface area contributed by atoms with Gasteiger partial charge in [0.05, 0.1) is 12.9 Å². The smallest absolute Gasteiger partial charge is 0.236 e. The van der Waals surface area contributed by atoms with E-state index in [1.807, 2.05) is 24.3 Å². The van der Waals surface area contributed by atoms with E-state index in [1.54, 1.807) is 7.11 Å². The van der Waals surface area contributed by atoms with Crippen LogP contribution in [0, 0.1) is 0 Å². The van der Waals surface area contributed by atoms with Crippen molar-refractivity contribution in [1.29, 1.82) is 0 Å². The molecule has 15 heavy (non-hydrogen) atoms. The molecule has 0 saturated heterocycles. The van der Waals surface area contributed by atoms with Gasteiger partial charge >= 0.3 is 0 Å². The molecule has 0 aliphatic carbocycles. The first-order chi connectivity index (χ1) is 7.33. The summed E-state index contributed by atoms with van der Waals surface area (Å²) in [4.78, 5) is 4.16. The quantitative estimate of drug-likeness (QED) is 0.808. The minimum atomic E-state index is 0.448. The molecule has 0 amide bonds. The molecule has 0 bridgehead atoms. The van der Waals surface area contributed by atoms with Crippen LogP contribution in [0.25, 0.3) is 11.4 Å². The Morgan fingerprint density at radius 1 is 1.33 bits per heavy atom. The second kappa shape index (κ2) is 4.35. The maximum absolute atomic E-state index is 5.05. The van der Waals surface area contributed by atoms with Crippen LogP contribution >= 0.6 is 12.6 Å². The lowest BCUT2D eigenvalue weighted by Crippen LogP contribution is -1.84. The Morgan fingerprint density at radius 2 is 2.07 bits per heavy atom. The Morgan fingerprint density at radius 3 is 2.60 bits per heavy atom. The molecule has 4 nitrogen and oxygen atoms in total. The average Bonchev–Trinajstić information content (AvgIpc) is 2.78. The van der Waals surface area contributed by atoms with E-state index in [-0.39, 0.29) is 0 Å². The van der Waals surface area contributed by atoms with Crippen molar-refractivity contribution >= 4 is 12.6 Å². The number of benzene rings is 1. The van der Waals surface area contributed by atoms with Crippen LogP contribution in [0.1, 0.15) is 5.89 Å². The molecular weight excluding hydrogens is 212 g/mol. The van der Waals surface area contributed by atoms with Crippen LogP contribution in [-0.4, -0.2) is 17.3 Å². The van der Waals surface area contributed by atoms with E-state index >= 15 is 0 Å². The molecule has 1 heterocycles. The van der Waals surface area contributed by atoms with Crippen molar-refractivity contribution in [3.8, 4) is 17.1 Å². The minimum absolute atomic E-state index is 0.448. The van der Waals surface area contributed by atoms with Gasteiger partial charge < -0.3 is 9.26 Å². The number of hydrogen-bond donors (Lipinski definition) is 1. The van der Waals surface area contributed by atoms with Crippen LogP contribution in [0.5, 0.6) is 5.75 Å². The lowest BCUT2D eigenvalue weighted by Gasteiger charge is -1.98. The Kier molecular flexibility index (Phi) is 2.91. The highest BCUT2D eigenvalue weighted by molar-refractivity contribution is 7.79. The molecule has 2 rings (SSSR count). The van der Waals surface area contributed by atoms with E-state index in [1.165, 1.54) is 0 Å². The van der Waals surface area contributed by atoms with Gasteiger partial charge in [-0.3, -0.25) is 0 Å². The lowest BCUT2D eigenvalue weighted by atomic mass is 10.2. The average molecular weight is 222 g/mol. The molecule has 0 atom stereocenters. The van der Waals surface area contributed by atoms with Gasteiger partial charge in [0.15, 0.2) is 0 Å². The number of thiol groups is 1. The number of nitrogens with zero attached hydrogens (tertiary/aromatic N) is 2. The molecule has 0 saturated carbocycles. The molecule has 2 aromatic rings. The van der Waals surface area contributed by atoms with Gasteiger partial charge in [0.1, 0.15) is 5.75 Å². The van der Waals surface area contributed by atoms with Crippen LogP contribution < -0.4 is 4.74 Å². The Hall–Kier alpha value is -1.49. The molecule has 0 spiro atoms. The van der Waals surface area contributed by atoms with Crippen molar-refractivity contribution in [3.05, 3.63) is 30.2 Å². The van der Waals surface area contributed by atoms with Crippen molar-refractivity contribution in [2.75, 3.05) is 7.11 Å². The van der Waals surface area contributed by atoms with Gasteiger partial charge in [-0.15, -0.1) is 0 Å². The molecule has 5 heteroatoms. The lowest BCUT2D eigenvalue weighted by molar-refractivity contribution is 0.392. The molecule has 1 aromatic carbocycles. The van der Waals surface area contributed by atoms with Crippen LogP contribution in [0.15, 0.2) is 28.8 Å². The molecule has 0 N–H and O–H groups in total. The van der Waals surface area contributed by atoms with Gasteiger partial charge in [0.2, 0.25) is 11.7 Å². The number of hydrogen-bond acceptors (Lipinski definition) is 5. The topological polar surface area (TPSA) is 48.2 Å². The zero-order valence-corrected chi connectivity index (χ0v) is 9.07. The summed E-state index contributed by atoms with van der Waals surface area (Å²) in [6.45, 7) is 0. The molecule has 0 unspecified atom stereocenters. The monoisotopic (exact) mass is 222 g/mol. The van der Waals surface area contributed by atoms with E-state index in [4.69, 9.17) is 9.26 Å². The van der Waals surface area contributed by atoms with Crippen molar-refractivity contribution in [3.63, 3.8) is 0 Å². The third-order valence-electron chi connectivity index (χ3n) is 1.95. The minimum Gasteiger partial charge on any atom is -0.497 e. The first-order valence-corrected chi connectivity index (χ1v) is 5.04. The van der Waals surface area contributed by atoms with E-state index in [2.05, 4.69) is 22.8 Å². The van der Waals surface area contributed by atoms with Gasteiger partial charge in [-0.2, -0.15) is 17.6 Å². The van der Waals surface area contributed by atoms with E-state index in [9.17, 15) is 0 Å². The standard InChI is InChI=1S/C10H10N2O2S/c1-13-8-4-2-7(3-5-8)10-11-9(6-15)14-12-10/h2-5,15H,6H2,1H3. The summed E-state index contributed by atoms with van der Waals surface area (Å²) in [5.74, 6) is 2.34. The van der Waals surface area contributed by atoms with E-state index < -0.39 is 0 Å². The molecule has 1 aromatic heterocycles. The Bertz CT molecular complexity index is 439. The third-order valence-corrected chi connectivity index (χ3v) is 2.22. The third kappa shape index (κ3) is 2.12. The van der Waals surface area contributed by atoms with Crippen molar-refractivity contribution in [1.82, 2.24) is 10.1 Å². The Labute approximate surface area is 92.7 Å². The molecule has 78 valence electrons. The summed E-state index contributed by atoms with van der Waals surface area (Å²) in [5, 5.41) is 3.84. The van der Waals surface area contributed by atoms with Crippen LogP contribution in [0.2, 0.25) is 0 Å². The number of ether oxygens (including phenoxy) is 1. The first kappa shape index (κ1) is 10.0.